The Labute approximate surface area is 119 Å². The quantitative estimate of drug-likeness (QED) is 0.602. The van der Waals surface area contributed by atoms with Crippen LogP contribution in [-0.4, -0.2) is 10.3 Å². The molecule has 0 unspecified atom stereocenters. The molecule has 0 aliphatic rings. The molecular weight excluding hydrogens is 300 g/mol. The molecule has 11 heteroatoms. The highest BCUT2D eigenvalue weighted by Gasteiger charge is 2.26. The molecule has 3 rings (SSSR count). The normalized spacial score (nSPS) is 10.2. The Bertz CT molecular complexity index is 838. The van der Waals surface area contributed by atoms with Gasteiger partial charge in [0.05, 0.1) is 4.88 Å². The highest BCUT2D eigenvalue weighted by atomic mass is 32.1. The Hall–Kier alpha value is -3.44. The summed E-state index contributed by atoms with van der Waals surface area (Å²) in [4.78, 5) is 0.441. The Morgan fingerprint density at radius 2 is 1.62 bits per heavy atom. The first kappa shape index (κ1) is 12.6. The lowest BCUT2D eigenvalue weighted by atomic mass is 10.2. The van der Waals surface area contributed by atoms with Crippen LogP contribution in [0, 0.1) is 33.1 Å². The number of nitriles is 2. The Kier molecular flexibility index (Phi) is 2.75. The van der Waals surface area contributed by atoms with E-state index in [1.165, 1.54) is 6.07 Å². The zero-order valence-corrected chi connectivity index (χ0v) is 10.7. The molecule has 3 aromatic heterocycles. The third-order valence-corrected chi connectivity index (χ3v) is 3.48. The van der Waals surface area contributed by atoms with Crippen LogP contribution in [0.25, 0.3) is 21.8 Å². The van der Waals surface area contributed by atoms with Gasteiger partial charge in [-0.15, -0.1) is 11.3 Å². The van der Waals surface area contributed by atoms with Gasteiger partial charge in [0.15, 0.2) is 12.1 Å². The fourth-order valence-electron chi connectivity index (χ4n) is 1.62. The van der Waals surface area contributed by atoms with Gasteiger partial charge >= 0.3 is 11.4 Å². The summed E-state index contributed by atoms with van der Waals surface area (Å²) < 4.78 is 8.72. The first-order chi connectivity index (χ1) is 10.2. The van der Waals surface area contributed by atoms with Gasteiger partial charge in [0.1, 0.15) is 0 Å². The number of hydrogen-bond donors (Lipinski definition) is 0. The van der Waals surface area contributed by atoms with Crippen molar-refractivity contribution in [3.63, 3.8) is 0 Å². The van der Waals surface area contributed by atoms with Crippen molar-refractivity contribution < 1.29 is 19.1 Å². The van der Waals surface area contributed by atoms with Crippen LogP contribution in [0.4, 0.5) is 0 Å². The highest BCUT2D eigenvalue weighted by Crippen LogP contribution is 2.32. The van der Waals surface area contributed by atoms with E-state index in [4.69, 9.17) is 10.5 Å². The van der Waals surface area contributed by atoms with Crippen molar-refractivity contribution >= 4 is 11.3 Å². The van der Waals surface area contributed by atoms with Gasteiger partial charge in [0.25, 0.3) is 11.4 Å². The average molecular weight is 302 g/mol. The summed E-state index contributed by atoms with van der Waals surface area (Å²) >= 11 is 1.14. The van der Waals surface area contributed by atoms with Gasteiger partial charge in [-0.2, -0.15) is 10.5 Å². The summed E-state index contributed by atoms with van der Waals surface area (Å²) in [6, 6.07) is 4.87. The van der Waals surface area contributed by atoms with Crippen molar-refractivity contribution in [1.29, 1.82) is 10.5 Å². The van der Waals surface area contributed by atoms with Gasteiger partial charge in [-0.1, -0.05) is 0 Å². The maximum atomic E-state index is 11.2. The molecule has 0 aliphatic heterocycles. The molecule has 0 bridgehead atoms. The van der Waals surface area contributed by atoms with E-state index in [0.29, 0.717) is 10.4 Å². The summed E-state index contributed by atoms with van der Waals surface area (Å²) in [5.41, 5.74) is -0.0242. The molecule has 0 spiro atoms. The fraction of sp³-hybridized carbons (Fsp3) is 0. The lowest BCUT2D eigenvalue weighted by Crippen LogP contribution is -2.26. The van der Waals surface area contributed by atoms with Crippen LogP contribution >= 0.6 is 11.3 Å². The van der Waals surface area contributed by atoms with Gasteiger partial charge in [-0.05, 0) is 15.9 Å². The van der Waals surface area contributed by atoms with Gasteiger partial charge in [0.2, 0.25) is 0 Å². The molecule has 0 fully saturated rings. The van der Waals surface area contributed by atoms with Crippen LogP contribution in [0.15, 0.2) is 20.7 Å². The number of nitrogens with zero attached hydrogens (tertiary/aromatic N) is 6. The third kappa shape index (κ3) is 1.85. The van der Waals surface area contributed by atoms with Crippen molar-refractivity contribution in [3.8, 4) is 34.0 Å². The topological polar surface area (TPSA) is 154 Å². The van der Waals surface area contributed by atoms with E-state index >= 15 is 0 Å². The fourth-order valence-corrected chi connectivity index (χ4v) is 2.49. The lowest BCUT2D eigenvalue weighted by molar-refractivity contribution is -0.804. The van der Waals surface area contributed by atoms with Crippen molar-refractivity contribution in [2.45, 2.75) is 0 Å². The first-order valence-corrected chi connectivity index (χ1v) is 6.12. The van der Waals surface area contributed by atoms with Crippen LogP contribution in [0.1, 0.15) is 11.4 Å². The van der Waals surface area contributed by atoms with E-state index in [9.17, 15) is 10.4 Å². The molecule has 0 amide bonds. The van der Waals surface area contributed by atoms with Crippen molar-refractivity contribution in [2.24, 2.45) is 0 Å². The molecule has 3 aromatic rings. The van der Waals surface area contributed by atoms with E-state index < -0.39 is 0 Å². The Morgan fingerprint density at radius 3 is 2.24 bits per heavy atom. The molecule has 0 N–H and O–H groups in total. The second-order valence-electron chi connectivity index (χ2n) is 3.68. The van der Waals surface area contributed by atoms with E-state index in [0.717, 1.165) is 11.3 Å². The van der Waals surface area contributed by atoms with Gasteiger partial charge < -0.3 is 10.4 Å². The number of hydrogen-bond acceptors (Lipinski definition) is 9. The summed E-state index contributed by atoms with van der Waals surface area (Å²) in [6.45, 7) is 0. The predicted octanol–water partition coefficient (Wildman–Crippen LogP) is 0.0683. The second kappa shape index (κ2) is 4.59. The molecule has 10 nitrogen and oxygen atoms in total. The van der Waals surface area contributed by atoms with Crippen molar-refractivity contribution in [2.75, 3.05) is 0 Å². The summed E-state index contributed by atoms with van der Waals surface area (Å²) in [6.07, 6.45) is 0. The first-order valence-electron chi connectivity index (χ1n) is 5.24. The molecule has 3 heterocycles. The molecule has 0 saturated heterocycles. The summed E-state index contributed by atoms with van der Waals surface area (Å²) in [5.74, 6) is 0. The highest BCUT2D eigenvalue weighted by molar-refractivity contribution is 7.14. The molecule has 0 radical (unpaired) electrons. The zero-order chi connectivity index (χ0) is 15.0. The number of aromatic nitrogens is 4. The predicted molar refractivity (Wildman–Crippen MR) is 62.7 cm³/mol. The van der Waals surface area contributed by atoms with Crippen LogP contribution in [0.3, 0.4) is 0 Å². The monoisotopic (exact) mass is 302 g/mol. The van der Waals surface area contributed by atoms with E-state index in [2.05, 4.69) is 19.6 Å². The lowest BCUT2D eigenvalue weighted by Gasteiger charge is -1.85. The van der Waals surface area contributed by atoms with Gasteiger partial charge in [-0.25, -0.2) is 0 Å². The summed E-state index contributed by atoms with van der Waals surface area (Å²) in [5, 5.41) is 48.7. The van der Waals surface area contributed by atoms with E-state index in [-0.39, 0.29) is 32.6 Å². The Morgan fingerprint density at radius 1 is 1.05 bits per heavy atom. The minimum absolute atomic E-state index is 0.00284. The van der Waals surface area contributed by atoms with Crippen LogP contribution in [0.5, 0.6) is 0 Å². The molecule has 0 aliphatic carbocycles. The largest absolute Gasteiger partial charge is 0.358 e. The average Bonchev–Trinajstić information content (AvgIpc) is 3.16. The minimum Gasteiger partial charge on any atom is -0.358 e. The van der Waals surface area contributed by atoms with E-state index in [1.807, 2.05) is 0 Å². The van der Waals surface area contributed by atoms with Crippen LogP contribution < -0.4 is 9.81 Å². The second-order valence-corrected chi connectivity index (χ2v) is 4.59. The van der Waals surface area contributed by atoms with Gasteiger partial charge in [0, 0.05) is 21.3 Å². The van der Waals surface area contributed by atoms with Gasteiger partial charge in [-0.3, -0.25) is 9.26 Å². The third-order valence-electron chi connectivity index (χ3n) is 2.54. The number of rotatable bonds is 2. The smallest absolute Gasteiger partial charge is 0.303 e. The van der Waals surface area contributed by atoms with Crippen LogP contribution in [0.2, 0.25) is 0 Å². The molecule has 0 saturated carbocycles. The van der Waals surface area contributed by atoms with Crippen molar-refractivity contribution in [3.05, 3.63) is 33.2 Å². The minimum atomic E-state index is -0.293. The summed E-state index contributed by atoms with van der Waals surface area (Å²) in [7, 11) is 0. The molecule has 21 heavy (non-hydrogen) atoms. The Balaban J connectivity index is 2.09. The number of thiophene rings is 1. The molecular formula is C10H2N6O4S. The molecule has 0 aromatic carbocycles. The standard InChI is InChI=1S/C10H2N6O4S/c11-2-6-9(13-19-15(6)17)5-1-8(21-4-5)10-7(3-12)16(18)20-14-10/h1,4H. The van der Waals surface area contributed by atoms with E-state index in [1.54, 1.807) is 17.5 Å². The van der Waals surface area contributed by atoms with Crippen molar-refractivity contribution in [1.82, 2.24) is 10.3 Å². The SMILES string of the molecule is N#Cc1c(-c2csc(-c3no[n+]([O-])c3C#N)c2)no[n+]1[O-]. The molecule has 0 atom stereocenters. The van der Waals surface area contributed by atoms with Crippen LogP contribution in [-0.2, 0) is 0 Å². The maximum Gasteiger partial charge on any atom is 0.303 e. The zero-order valence-electron chi connectivity index (χ0n) is 9.88. The molecule has 102 valence electrons. The maximum absolute atomic E-state index is 11.2.